The number of hydrogen-bond acceptors (Lipinski definition) is 6. The number of para-hydroxylation sites is 2. The molecule has 28 heavy (non-hydrogen) atoms. The maximum atomic E-state index is 13.3. The van der Waals surface area contributed by atoms with E-state index < -0.39 is 6.17 Å². The van der Waals surface area contributed by atoms with Crippen LogP contribution in [0.2, 0.25) is 0 Å². The summed E-state index contributed by atoms with van der Waals surface area (Å²) in [6.45, 7) is 2.72. The van der Waals surface area contributed by atoms with Crippen LogP contribution in [-0.2, 0) is 0 Å². The molecule has 0 unspecified atom stereocenters. The summed E-state index contributed by atoms with van der Waals surface area (Å²) in [6, 6.07) is 11.7. The van der Waals surface area contributed by atoms with Gasteiger partial charge in [0.2, 0.25) is 0 Å². The number of hydrogen-bond donors (Lipinski definition) is 1. The Hall–Kier alpha value is -3.31. The van der Waals surface area contributed by atoms with Gasteiger partial charge in [-0.15, -0.1) is 0 Å². The minimum atomic E-state index is -0.711. The van der Waals surface area contributed by atoms with Crippen molar-refractivity contribution in [1.29, 1.82) is 5.26 Å². The first-order valence-corrected chi connectivity index (χ1v) is 9.30. The van der Waals surface area contributed by atoms with E-state index in [4.69, 9.17) is 4.98 Å². The molecule has 1 atom stereocenters. The van der Waals surface area contributed by atoms with Gasteiger partial charge in [0, 0.05) is 26.2 Å². The lowest BCUT2D eigenvalue weighted by molar-refractivity contribution is 0.295. The highest BCUT2D eigenvalue weighted by molar-refractivity contribution is 5.90. The lowest BCUT2D eigenvalue weighted by atomic mass is 10.2. The van der Waals surface area contributed by atoms with E-state index >= 15 is 0 Å². The second-order valence-electron chi connectivity index (χ2n) is 7.01. The molecule has 4 aromatic rings. The minimum absolute atomic E-state index is 0.466. The van der Waals surface area contributed by atoms with E-state index in [-0.39, 0.29) is 0 Å². The number of alkyl halides is 1. The van der Waals surface area contributed by atoms with Crippen molar-refractivity contribution in [2.75, 3.05) is 31.5 Å². The van der Waals surface area contributed by atoms with Gasteiger partial charge in [0.05, 0.1) is 22.8 Å². The van der Waals surface area contributed by atoms with Crippen LogP contribution in [0.3, 0.4) is 0 Å². The van der Waals surface area contributed by atoms with Crippen molar-refractivity contribution in [3.05, 3.63) is 42.1 Å². The van der Waals surface area contributed by atoms with Crippen LogP contribution in [0.1, 0.15) is 12.0 Å². The number of nitrogens with zero attached hydrogens (tertiary/aromatic N) is 6. The van der Waals surface area contributed by atoms with E-state index in [1.54, 1.807) is 12.3 Å². The number of likely N-dealkylation sites (tertiary alicyclic amines) is 1. The third-order valence-corrected chi connectivity index (χ3v) is 5.15. The number of benzene rings is 1. The second-order valence-corrected chi connectivity index (χ2v) is 7.01. The predicted octanol–water partition coefficient (Wildman–Crippen LogP) is 2.76. The first kappa shape index (κ1) is 16.8. The van der Waals surface area contributed by atoms with Crippen molar-refractivity contribution in [2.45, 2.75) is 12.6 Å². The predicted molar refractivity (Wildman–Crippen MR) is 105 cm³/mol. The van der Waals surface area contributed by atoms with Crippen molar-refractivity contribution in [2.24, 2.45) is 0 Å². The van der Waals surface area contributed by atoms with E-state index in [1.165, 1.54) is 0 Å². The highest BCUT2D eigenvalue weighted by atomic mass is 19.1. The fourth-order valence-electron chi connectivity index (χ4n) is 3.78. The van der Waals surface area contributed by atoms with Crippen LogP contribution in [0.25, 0.3) is 27.8 Å². The summed E-state index contributed by atoms with van der Waals surface area (Å²) in [4.78, 5) is 15.9. The molecule has 7 nitrogen and oxygen atoms in total. The molecular formula is C20H18FN7. The lowest BCUT2D eigenvalue weighted by Crippen LogP contribution is -2.27. The topological polar surface area (TPSA) is 82.1 Å². The maximum Gasteiger partial charge on any atom is 0.167 e. The fraction of sp³-hybridized carbons (Fsp3) is 0.300. The number of rotatable bonds is 4. The van der Waals surface area contributed by atoms with E-state index in [2.05, 4.69) is 26.3 Å². The van der Waals surface area contributed by atoms with Crippen LogP contribution in [0.15, 0.2) is 36.5 Å². The molecule has 140 valence electrons. The summed E-state index contributed by atoms with van der Waals surface area (Å²) in [5, 5.41) is 12.8. The van der Waals surface area contributed by atoms with Crippen molar-refractivity contribution < 1.29 is 4.39 Å². The molecule has 0 saturated carbocycles. The maximum absolute atomic E-state index is 13.3. The quantitative estimate of drug-likeness (QED) is 0.591. The van der Waals surface area contributed by atoms with Crippen LogP contribution in [0.4, 0.5) is 10.2 Å². The molecule has 1 saturated heterocycles. The third kappa shape index (κ3) is 2.80. The van der Waals surface area contributed by atoms with Crippen molar-refractivity contribution >= 4 is 33.7 Å². The Balaban J connectivity index is 1.53. The van der Waals surface area contributed by atoms with Crippen molar-refractivity contribution in [1.82, 2.24) is 24.3 Å². The molecule has 1 aromatic carbocycles. The number of anilines is 1. The normalized spacial score (nSPS) is 17.5. The summed E-state index contributed by atoms with van der Waals surface area (Å²) >= 11 is 0. The van der Waals surface area contributed by atoms with Gasteiger partial charge in [-0.1, -0.05) is 12.1 Å². The van der Waals surface area contributed by atoms with Gasteiger partial charge in [-0.05, 0) is 24.6 Å². The number of nitriles is 1. The number of imidazole rings is 1. The average Bonchev–Trinajstić information content (AvgIpc) is 3.31. The molecule has 1 N–H and O–H groups in total. The molecule has 0 aliphatic carbocycles. The zero-order chi connectivity index (χ0) is 19.1. The van der Waals surface area contributed by atoms with Crippen molar-refractivity contribution in [3.63, 3.8) is 0 Å². The van der Waals surface area contributed by atoms with Gasteiger partial charge in [-0.3, -0.25) is 9.30 Å². The first-order chi connectivity index (χ1) is 13.7. The van der Waals surface area contributed by atoms with E-state index in [1.807, 2.05) is 28.7 Å². The fourth-order valence-corrected chi connectivity index (χ4v) is 3.78. The Morgan fingerprint density at radius 3 is 2.93 bits per heavy atom. The highest BCUT2D eigenvalue weighted by Gasteiger charge is 2.21. The third-order valence-electron chi connectivity index (χ3n) is 5.15. The van der Waals surface area contributed by atoms with Gasteiger partial charge in [-0.25, -0.2) is 19.3 Å². The number of fused-ring (bicyclic) bond motifs is 5. The minimum Gasteiger partial charge on any atom is -0.367 e. The molecule has 1 fully saturated rings. The SMILES string of the molecule is N#Cc1cc2ncc(NCCN3CC[C@H](F)C3)nc2n2c1nc1ccccc12. The Morgan fingerprint density at radius 1 is 1.21 bits per heavy atom. The summed E-state index contributed by atoms with van der Waals surface area (Å²) in [5.41, 5.74) is 4.02. The first-order valence-electron chi connectivity index (χ1n) is 9.30. The molecule has 0 radical (unpaired) electrons. The lowest BCUT2D eigenvalue weighted by Gasteiger charge is -2.15. The van der Waals surface area contributed by atoms with Crippen LogP contribution in [-0.4, -0.2) is 56.6 Å². The molecule has 0 amide bonds. The zero-order valence-corrected chi connectivity index (χ0v) is 15.1. The molecular weight excluding hydrogens is 357 g/mol. The van der Waals surface area contributed by atoms with Gasteiger partial charge in [0.25, 0.3) is 0 Å². The smallest absolute Gasteiger partial charge is 0.167 e. The van der Waals surface area contributed by atoms with Crippen molar-refractivity contribution in [3.8, 4) is 6.07 Å². The largest absolute Gasteiger partial charge is 0.367 e. The molecule has 0 bridgehead atoms. The van der Waals surface area contributed by atoms with Gasteiger partial charge >= 0.3 is 0 Å². The monoisotopic (exact) mass is 375 g/mol. The highest BCUT2D eigenvalue weighted by Crippen LogP contribution is 2.24. The van der Waals surface area contributed by atoms with Gasteiger partial charge in [0.15, 0.2) is 11.3 Å². The summed E-state index contributed by atoms with van der Waals surface area (Å²) in [6.07, 6.45) is 1.57. The van der Waals surface area contributed by atoms with Crippen LogP contribution in [0.5, 0.6) is 0 Å². The number of aromatic nitrogens is 4. The number of nitrogens with one attached hydrogen (secondary N) is 1. The van der Waals surface area contributed by atoms with Crippen LogP contribution < -0.4 is 5.32 Å². The summed E-state index contributed by atoms with van der Waals surface area (Å²) in [5.74, 6) is 0.646. The number of pyridine rings is 1. The van der Waals surface area contributed by atoms with E-state index in [9.17, 15) is 9.65 Å². The average molecular weight is 375 g/mol. The standard InChI is InChI=1S/C20H18FN7/c21-14-5-7-27(12-14)8-6-23-18-11-24-16-9-13(10-22)19-25-15-3-1-2-4-17(15)28(19)20(16)26-18/h1-4,9,11,14H,5-8,12H2,(H,23,26)/t14-/m0/s1. The molecule has 1 aliphatic heterocycles. The molecule has 8 heteroatoms. The summed E-state index contributed by atoms with van der Waals surface area (Å²) in [7, 11) is 0. The van der Waals surface area contributed by atoms with Crippen LogP contribution >= 0.6 is 0 Å². The molecule has 5 rings (SSSR count). The summed E-state index contributed by atoms with van der Waals surface area (Å²) < 4.78 is 15.2. The Morgan fingerprint density at radius 2 is 2.11 bits per heavy atom. The number of halogens is 1. The van der Waals surface area contributed by atoms with E-state index in [0.29, 0.717) is 47.7 Å². The Kier molecular flexibility index (Phi) is 4.02. The molecule has 1 aliphatic rings. The van der Waals surface area contributed by atoms with E-state index in [0.717, 1.165) is 24.1 Å². The van der Waals surface area contributed by atoms with Gasteiger partial charge in [0.1, 0.15) is 23.6 Å². The van der Waals surface area contributed by atoms with Gasteiger partial charge in [-0.2, -0.15) is 5.26 Å². The Bertz CT molecular complexity index is 1230. The van der Waals surface area contributed by atoms with Gasteiger partial charge < -0.3 is 5.32 Å². The van der Waals surface area contributed by atoms with Crippen LogP contribution in [0, 0.1) is 11.3 Å². The molecule has 3 aromatic heterocycles. The Labute approximate surface area is 160 Å². The second kappa shape index (κ2) is 6.69. The molecule has 4 heterocycles. The molecule has 0 spiro atoms. The zero-order valence-electron chi connectivity index (χ0n) is 15.1.